The van der Waals surface area contributed by atoms with Gasteiger partial charge in [0, 0.05) is 42.5 Å². The molecule has 1 amide bonds. The van der Waals surface area contributed by atoms with E-state index >= 15 is 0 Å². The average molecular weight is 433 g/mol. The number of benzene rings is 1. The number of aryl methyl sites for hydroxylation is 2. The molecule has 0 atom stereocenters. The van der Waals surface area contributed by atoms with Gasteiger partial charge in [0.25, 0.3) is 11.5 Å². The van der Waals surface area contributed by atoms with Crippen molar-refractivity contribution < 1.29 is 9.59 Å². The summed E-state index contributed by atoms with van der Waals surface area (Å²) < 4.78 is 0. The molecular weight excluding hydrogens is 404 g/mol. The lowest BCUT2D eigenvalue weighted by molar-refractivity contribution is 0.0790. The van der Waals surface area contributed by atoms with Gasteiger partial charge >= 0.3 is 0 Å². The smallest absolute Gasteiger partial charge is 0.261 e. The highest BCUT2D eigenvalue weighted by atomic mass is 16.2. The first kappa shape index (κ1) is 21.7. The summed E-state index contributed by atoms with van der Waals surface area (Å²) in [6.07, 6.45) is 5.53. The Morgan fingerprint density at radius 2 is 1.88 bits per heavy atom. The maximum absolute atomic E-state index is 12.8. The molecule has 1 aromatic carbocycles. The van der Waals surface area contributed by atoms with Crippen LogP contribution in [0, 0.1) is 0 Å². The van der Waals surface area contributed by atoms with Gasteiger partial charge in [0.1, 0.15) is 5.56 Å². The van der Waals surface area contributed by atoms with Gasteiger partial charge in [-0.3, -0.25) is 19.5 Å². The zero-order valence-corrected chi connectivity index (χ0v) is 18.3. The Morgan fingerprint density at radius 1 is 1.06 bits per heavy atom. The van der Waals surface area contributed by atoms with Crippen LogP contribution in [-0.4, -0.2) is 45.4 Å². The van der Waals surface area contributed by atoms with Gasteiger partial charge in [0.15, 0.2) is 5.78 Å². The van der Waals surface area contributed by atoms with Crippen molar-refractivity contribution in [1.29, 1.82) is 0 Å². The summed E-state index contributed by atoms with van der Waals surface area (Å²) in [5.74, 6) is -0.345. The molecule has 3 aromatic rings. The number of carbonyl (C=O) groups is 2. The molecule has 7 heteroatoms. The van der Waals surface area contributed by atoms with Gasteiger partial charge in [-0.25, -0.2) is 0 Å². The van der Waals surface area contributed by atoms with Crippen LogP contribution in [0.15, 0.2) is 47.3 Å². The Hall–Kier alpha value is -3.48. The quantitative estimate of drug-likeness (QED) is 0.529. The highest BCUT2D eigenvalue weighted by molar-refractivity contribution is 6.01. The third-order valence-electron chi connectivity index (χ3n) is 5.97. The molecule has 2 N–H and O–H groups in total. The highest BCUT2D eigenvalue weighted by Gasteiger charge is 2.23. The largest absolute Gasteiger partial charge is 0.342 e. The Kier molecular flexibility index (Phi) is 6.63. The van der Waals surface area contributed by atoms with E-state index in [-0.39, 0.29) is 17.3 Å². The first-order valence-corrected chi connectivity index (χ1v) is 11.2. The fourth-order valence-electron chi connectivity index (χ4n) is 4.13. The number of rotatable bonds is 8. The van der Waals surface area contributed by atoms with Gasteiger partial charge in [0.2, 0.25) is 0 Å². The van der Waals surface area contributed by atoms with E-state index in [0.717, 1.165) is 49.1 Å². The van der Waals surface area contributed by atoms with Crippen LogP contribution < -0.4 is 5.56 Å². The Morgan fingerprint density at radius 3 is 2.69 bits per heavy atom. The Labute approximate surface area is 186 Å². The minimum Gasteiger partial charge on any atom is -0.342 e. The summed E-state index contributed by atoms with van der Waals surface area (Å²) in [5, 5.41) is 7.48. The fourth-order valence-corrected chi connectivity index (χ4v) is 4.13. The summed E-state index contributed by atoms with van der Waals surface area (Å²) in [7, 11) is 1.70. The molecule has 0 spiro atoms. The van der Waals surface area contributed by atoms with Crippen LogP contribution in [0.2, 0.25) is 0 Å². The van der Waals surface area contributed by atoms with Crippen molar-refractivity contribution >= 4 is 11.7 Å². The van der Waals surface area contributed by atoms with Gasteiger partial charge in [0.05, 0.1) is 5.69 Å². The molecule has 1 aliphatic rings. The first-order valence-electron chi connectivity index (χ1n) is 11.2. The zero-order chi connectivity index (χ0) is 22.5. The van der Waals surface area contributed by atoms with E-state index in [2.05, 4.69) is 21.2 Å². The number of Topliss-reactive ketones (excluding diaryl/α,β-unsaturated/α-hetero) is 1. The van der Waals surface area contributed by atoms with E-state index in [1.807, 2.05) is 30.3 Å². The van der Waals surface area contributed by atoms with Crippen molar-refractivity contribution in [2.24, 2.45) is 0 Å². The molecule has 4 rings (SSSR count). The molecule has 2 aromatic heterocycles. The second kappa shape index (κ2) is 9.77. The molecule has 0 saturated heterocycles. The number of aromatic amines is 2. The van der Waals surface area contributed by atoms with E-state index in [1.165, 1.54) is 6.07 Å². The first-order chi connectivity index (χ1) is 15.5. The fraction of sp³-hybridized carbons (Fsp3) is 0.360. The van der Waals surface area contributed by atoms with Crippen molar-refractivity contribution in [2.75, 3.05) is 13.6 Å². The van der Waals surface area contributed by atoms with Gasteiger partial charge in [-0.2, -0.15) is 5.10 Å². The third kappa shape index (κ3) is 4.88. The molecule has 0 fully saturated rings. The number of nitrogens with one attached hydrogen (secondary N) is 2. The number of ketones is 1. The van der Waals surface area contributed by atoms with E-state index in [1.54, 1.807) is 11.9 Å². The maximum atomic E-state index is 12.8. The van der Waals surface area contributed by atoms with Gasteiger partial charge in [-0.1, -0.05) is 36.8 Å². The lowest BCUT2D eigenvalue weighted by atomic mass is 9.93. The molecule has 0 bridgehead atoms. The van der Waals surface area contributed by atoms with Crippen molar-refractivity contribution in [1.82, 2.24) is 20.1 Å². The molecule has 0 aliphatic heterocycles. The number of pyridine rings is 1. The average Bonchev–Trinajstić information content (AvgIpc) is 3.28. The van der Waals surface area contributed by atoms with Crippen LogP contribution in [0.25, 0.3) is 11.3 Å². The summed E-state index contributed by atoms with van der Waals surface area (Å²) in [6, 6.07) is 13.6. The minimum absolute atomic E-state index is 0.00608. The number of unbranched alkanes of at least 4 members (excludes halogenated alkanes) is 2. The summed E-state index contributed by atoms with van der Waals surface area (Å²) in [5.41, 5.74) is 3.91. The second-order valence-corrected chi connectivity index (χ2v) is 8.36. The second-order valence-electron chi connectivity index (χ2n) is 8.36. The molecule has 1 aliphatic carbocycles. The van der Waals surface area contributed by atoms with E-state index in [4.69, 9.17) is 0 Å². The van der Waals surface area contributed by atoms with Gasteiger partial charge < -0.3 is 9.88 Å². The maximum Gasteiger partial charge on any atom is 0.261 e. The molecule has 0 radical (unpaired) electrons. The standard InChI is InChI=1S/C25H28N4O3/c1-29(25(32)20-16-19-21(26-24(20)31)12-8-13-23(19)30)14-7-3-6-11-18-15-22(28-27-18)17-9-4-2-5-10-17/h2,4-5,9-10,15-16H,3,6-8,11-14H2,1H3,(H,26,31)(H,27,28). The number of aromatic nitrogens is 3. The predicted octanol–water partition coefficient (Wildman–Crippen LogP) is 3.77. The Bertz CT molecular complexity index is 1160. The number of nitrogens with zero attached hydrogens (tertiary/aromatic N) is 2. The molecule has 0 unspecified atom stereocenters. The number of fused-ring (bicyclic) bond motifs is 1. The van der Waals surface area contributed by atoms with E-state index < -0.39 is 5.56 Å². The zero-order valence-electron chi connectivity index (χ0n) is 18.3. The summed E-state index contributed by atoms with van der Waals surface area (Å²) in [6.45, 7) is 0.557. The SMILES string of the molecule is CN(CCCCCc1cc(-c2ccccc2)n[nH]1)C(=O)c1cc2c([nH]c1=O)CCCC2=O. The van der Waals surface area contributed by atoms with Crippen LogP contribution >= 0.6 is 0 Å². The van der Waals surface area contributed by atoms with Crippen molar-refractivity contribution in [2.45, 2.75) is 44.9 Å². The third-order valence-corrected chi connectivity index (χ3v) is 5.97. The normalized spacial score (nSPS) is 13.1. The number of amides is 1. The molecule has 0 saturated carbocycles. The lowest BCUT2D eigenvalue weighted by Gasteiger charge is -2.19. The highest BCUT2D eigenvalue weighted by Crippen LogP contribution is 2.20. The molecule has 7 nitrogen and oxygen atoms in total. The predicted molar refractivity (Wildman–Crippen MR) is 123 cm³/mol. The molecule has 166 valence electrons. The van der Waals surface area contributed by atoms with E-state index in [0.29, 0.717) is 30.6 Å². The minimum atomic E-state index is -0.413. The van der Waals surface area contributed by atoms with Gasteiger partial charge in [-0.15, -0.1) is 0 Å². The number of carbonyl (C=O) groups excluding carboxylic acids is 2. The number of hydrogen-bond acceptors (Lipinski definition) is 4. The van der Waals surface area contributed by atoms with Crippen LogP contribution in [0.3, 0.4) is 0 Å². The van der Waals surface area contributed by atoms with Crippen LogP contribution in [-0.2, 0) is 12.8 Å². The van der Waals surface area contributed by atoms with Crippen LogP contribution in [0.5, 0.6) is 0 Å². The lowest BCUT2D eigenvalue weighted by Crippen LogP contribution is -2.34. The summed E-state index contributed by atoms with van der Waals surface area (Å²) >= 11 is 0. The van der Waals surface area contributed by atoms with Crippen LogP contribution in [0.4, 0.5) is 0 Å². The van der Waals surface area contributed by atoms with Crippen LogP contribution in [0.1, 0.15) is 64.2 Å². The molecule has 2 heterocycles. The Balaban J connectivity index is 1.26. The van der Waals surface area contributed by atoms with Gasteiger partial charge in [-0.05, 0) is 44.2 Å². The molecular formula is C25H28N4O3. The number of H-pyrrole nitrogens is 2. The molecule has 32 heavy (non-hydrogen) atoms. The van der Waals surface area contributed by atoms with Crippen molar-refractivity contribution in [3.63, 3.8) is 0 Å². The number of hydrogen-bond donors (Lipinski definition) is 2. The van der Waals surface area contributed by atoms with Crippen molar-refractivity contribution in [3.8, 4) is 11.3 Å². The van der Waals surface area contributed by atoms with E-state index in [9.17, 15) is 14.4 Å². The van der Waals surface area contributed by atoms with Crippen molar-refractivity contribution in [3.05, 3.63) is 75.3 Å². The topological polar surface area (TPSA) is 98.9 Å². The summed E-state index contributed by atoms with van der Waals surface area (Å²) in [4.78, 5) is 41.6. The monoisotopic (exact) mass is 432 g/mol.